The van der Waals surface area contributed by atoms with Crippen molar-refractivity contribution in [1.82, 2.24) is 49.9 Å². The van der Waals surface area contributed by atoms with E-state index in [1.54, 1.807) is 28.6 Å². The molecule has 2 unspecified atom stereocenters. The Hall–Kier alpha value is -6.76. The highest BCUT2D eigenvalue weighted by Crippen LogP contribution is 2.54. The van der Waals surface area contributed by atoms with Gasteiger partial charge in [0.2, 0.25) is 18.0 Å². The van der Waals surface area contributed by atoms with Crippen molar-refractivity contribution < 1.29 is 37.8 Å². The lowest BCUT2D eigenvalue weighted by molar-refractivity contribution is -0.137. The van der Waals surface area contributed by atoms with Crippen LogP contribution in [0.5, 0.6) is 5.75 Å². The number of hydrogen-bond donors (Lipinski definition) is 4. The number of fused-ring (bicyclic) bond motifs is 6. The lowest BCUT2D eigenvalue weighted by Crippen LogP contribution is -2.52. The molecule has 0 bridgehead atoms. The van der Waals surface area contributed by atoms with Gasteiger partial charge in [0.25, 0.3) is 0 Å². The summed E-state index contributed by atoms with van der Waals surface area (Å²) in [4.78, 5) is 78.0. The predicted octanol–water partition coefficient (Wildman–Crippen LogP) is 9.01. The Morgan fingerprint density at radius 2 is 1.49 bits per heavy atom. The Morgan fingerprint density at radius 3 is 2.13 bits per heavy atom. The highest BCUT2D eigenvalue weighted by atomic mass is 32.1. The third kappa shape index (κ3) is 8.34. The number of ether oxygens (including phenoxy) is 3. The average molecular weight is 975 g/mol. The van der Waals surface area contributed by atoms with E-state index >= 15 is 4.39 Å². The number of methoxy groups -OCH3 is 2. The van der Waals surface area contributed by atoms with Crippen LogP contribution in [-0.2, 0) is 24.5 Å². The summed E-state index contributed by atoms with van der Waals surface area (Å²) in [6.45, 7) is 14.4. The normalized spacial score (nSPS) is 21.3. The molecule has 3 aliphatic heterocycles. The van der Waals surface area contributed by atoms with Crippen molar-refractivity contribution in [3.8, 4) is 39.5 Å². The fourth-order valence-electron chi connectivity index (χ4n) is 10.4. The van der Waals surface area contributed by atoms with Crippen molar-refractivity contribution in [2.24, 2.45) is 17.8 Å². The number of amides is 4. The largest absolute Gasteiger partial charge is 0.464 e. The van der Waals surface area contributed by atoms with Crippen LogP contribution < -0.4 is 15.4 Å². The number of carbonyl (C=O) groups is 4. The predicted molar refractivity (Wildman–Crippen MR) is 260 cm³/mol. The van der Waals surface area contributed by atoms with Gasteiger partial charge < -0.3 is 44.6 Å². The second kappa shape index (κ2) is 17.9. The molecule has 0 spiro atoms. The van der Waals surface area contributed by atoms with Gasteiger partial charge in [-0.05, 0) is 73.8 Å². The fraction of sp³-hybridized carbons (Fsp3) is 0.471. The fourth-order valence-corrected chi connectivity index (χ4v) is 11.4. The molecule has 19 heteroatoms. The van der Waals surface area contributed by atoms with E-state index in [4.69, 9.17) is 29.2 Å². The van der Waals surface area contributed by atoms with Crippen molar-refractivity contribution in [3.05, 3.63) is 82.3 Å². The first-order valence-corrected chi connectivity index (χ1v) is 24.8. The minimum atomic E-state index is -0.777. The van der Waals surface area contributed by atoms with Crippen LogP contribution in [0.3, 0.4) is 0 Å². The minimum absolute atomic E-state index is 0.0993. The molecule has 4 aromatic heterocycles. The molecule has 10 rings (SSSR count). The highest BCUT2D eigenvalue weighted by molar-refractivity contribution is 7.11. The van der Waals surface area contributed by atoms with E-state index in [0.29, 0.717) is 58.8 Å². The van der Waals surface area contributed by atoms with Gasteiger partial charge in [0, 0.05) is 40.7 Å². The second-order valence-corrected chi connectivity index (χ2v) is 21.7. The van der Waals surface area contributed by atoms with E-state index in [0.717, 1.165) is 51.3 Å². The molecule has 2 saturated heterocycles. The molecular formula is C51H59FN10O7S. The Bertz CT molecular complexity index is 3020. The van der Waals surface area contributed by atoms with Gasteiger partial charge in [-0.2, -0.15) is 0 Å². The third-order valence-corrected chi connectivity index (χ3v) is 15.6. The number of alkyl carbamates (subject to hydrolysis) is 2. The quantitative estimate of drug-likeness (QED) is 0.0971. The van der Waals surface area contributed by atoms with Gasteiger partial charge in [-0.25, -0.2) is 28.9 Å². The zero-order valence-electron chi connectivity index (χ0n) is 40.8. The highest BCUT2D eigenvalue weighted by Gasteiger charge is 2.56. The van der Waals surface area contributed by atoms with Crippen LogP contribution in [-0.4, -0.2) is 102 Å². The first-order valence-electron chi connectivity index (χ1n) is 24.0. The summed E-state index contributed by atoms with van der Waals surface area (Å²) in [6, 6.07) is 9.31. The van der Waals surface area contributed by atoms with Gasteiger partial charge in [-0.3, -0.25) is 14.2 Å². The van der Waals surface area contributed by atoms with Crippen molar-refractivity contribution in [3.63, 3.8) is 0 Å². The van der Waals surface area contributed by atoms with E-state index < -0.39 is 36.3 Å². The van der Waals surface area contributed by atoms with Crippen molar-refractivity contribution in [2.75, 3.05) is 20.8 Å². The summed E-state index contributed by atoms with van der Waals surface area (Å²) in [5.74, 6) is 0.804. The number of imidazole rings is 2. The Balaban J connectivity index is 0.975. The van der Waals surface area contributed by atoms with Gasteiger partial charge >= 0.3 is 12.2 Å². The number of piperidine rings is 1. The second-order valence-electron chi connectivity index (χ2n) is 20.6. The van der Waals surface area contributed by atoms with Gasteiger partial charge in [0.15, 0.2) is 0 Å². The van der Waals surface area contributed by atoms with Gasteiger partial charge in [0.1, 0.15) is 35.3 Å². The molecule has 17 nitrogen and oxygen atoms in total. The summed E-state index contributed by atoms with van der Waals surface area (Å²) in [5, 5.41) is 7.23. The zero-order chi connectivity index (χ0) is 49.5. The maximum Gasteiger partial charge on any atom is 0.407 e. The van der Waals surface area contributed by atoms with Gasteiger partial charge in [-0.15, -0.1) is 11.3 Å². The first-order chi connectivity index (χ1) is 33.4. The number of H-pyrrole nitrogens is 2. The Labute approximate surface area is 408 Å². The number of likely N-dealkylation sites (tertiary alicyclic amines) is 2. The van der Waals surface area contributed by atoms with Crippen molar-refractivity contribution in [2.45, 2.75) is 116 Å². The number of rotatable bonds is 11. The minimum Gasteiger partial charge on any atom is -0.464 e. The third-order valence-electron chi connectivity index (χ3n) is 14.2. The molecule has 3 fully saturated rings. The van der Waals surface area contributed by atoms with Crippen LogP contribution in [0, 0.1) is 23.6 Å². The van der Waals surface area contributed by atoms with E-state index in [-0.39, 0.29) is 47.2 Å². The Morgan fingerprint density at radius 1 is 0.829 bits per heavy atom. The Kier molecular flexibility index (Phi) is 12.0. The van der Waals surface area contributed by atoms with Crippen LogP contribution in [0.2, 0.25) is 0 Å². The van der Waals surface area contributed by atoms with Gasteiger partial charge in [-0.1, -0.05) is 54.5 Å². The maximum absolute atomic E-state index is 17.0. The molecule has 7 atom stereocenters. The summed E-state index contributed by atoms with van der Waals surface area (Å²) in [6.07, 6.45) is 6.41. The molecule has 7 heterocycles. The molecule has 0 radical (unpaired) electrons. The lowest BCUT2D eigenvalue weighted by Gasteiger charge is -2.31. The average Bonchev–Trinajstić information content (AvgIpc) is 4.09. The molecule has 4 amide bonds. The molecular weight excluding hydrogens is 916 g/mol. The topological polar surface area (TPSA) is 202 Å². The summed E-state index contributed by atoms with van der Waals surface area (Å²) in [7, 11) is 2.55. The molecule has 1 aliphatic carbocycles. The molecule has 368 valence electrons. The molecule has 4 aliphatic rings. The van der Waals surface area contributed by atoms with Crippen LogP contribution in [0.15, 0.2) is 55.0 Å². The lowest BCUT2D eigenvalue weighted by atomic mass is 9.98. The number of nitrogens with zero attached hydrogens (tertiary/aromatic N) is 6. The van der Waals surface area contributed by atoms with Crippen LogP contribution >= 0.6 is 11.3 Å². The standard InChI is InChI=1S/C51H59FN10O7S/c1-24(2)41(58-49(65)67-8)45(63)60-14-10-11-34(60)43-53-22-32(57-43)27-16-30(52)40-36-18-28-15-26(12-13-33(28)62(36)47(69-38(40)20-27)39-23-55-48(70-39)51(5,6)7)31-21-54-44(56-31)37-19-29-17-35(29)61(37)46(64)42(25(3)4)59-50(66)68-9/h12-13,15-16,18,20-25,29,34-35,37,41-42,47H,10-11,14,17,19H2,1-9H3,(H,53,57)(H,54,56)(H,58,65)(H,59,66)/t29-,34+,35-,37+,41+,42?,47?/m1/s1. The van der Waals surface area contributed by atoms with Crippen LogP contribution in [0.1, 0.15) is 114 Å². The number of aromatic amines is 2. The molecule has 4 N–H and O–H groups in total. The number of nitrogens with one attached hydrogen (secondary N) is 4. The van der Waals surface area contributed by atoms with Crippen LogP contribution in [0.25, 0.3) is 44.7 Å². The molecule has 6 aromatic rings. The number of hydrogen-bond acceptors (Lipinski definition) is 11. The van der Waals surface area contributed by atoms with Crippen LogP contribution in [0.4, 0.5) is 14.0 Å². The van der Waals surface area contributed by atoms with E-state index in [1.165, 1.54) is 20.3 Å². The van der Waals surface area contributed by atoms with Gasteiger partial charge in [0.05, 0.1) is 76.7 Å². The van der Waals surface area contributed by atoms with Crippen molar-refractivity contribution >= 4 is 46.2 Å². The van der Waals surface area contributed by atoms with Crippen molar-refractivity contribution in [1.29, 1.82) is 0 Å². The van der Waals surface area contributed by atoms with E-state index in [9.17, 15) is 19.2 Å². The van der Waals surface area contributed by atoms with E-state index in [1.807, 2.05) is 67.6 Å². The SMILES string of the molecule is COC(=O)NC(C(=O)N1[C@@H]2C[C@@H]2C[C@H]1c1ncc(-c2ccc3c(c2)cc2n3C(c3cnc(C(C)(C)C)s3)Oc3cc(-c4cnc([C@@H]5CCCN5C(=O)[C@@H](NC(=O)OC)C(C)C)[nH]4)cc(F)c3-2)[nH]1)C(C)C. The molecule has 2 aromatic carbocycles. The molecule has 70 heavy (non-hydrogen) atoms. The zero-order valence-corrected chi connectivity index (χ0v) is 41.6. The number of aromatic nitrogens is 6. The number of benzene rings is 2. The van der Waals surface area contributed by atoms with E-state index in [2.05, 4.69) is 47.4 Å². The summed E-state index contributed by atoms with van der Waals surface area (Å²) in [5.41, 5.74) is 4.31. The summed E-state index contributed by atoms with van der Waals surface area (Å²) < 4.78 is 35.5. The smallest absolute Gasteiger partial charge is 0.407 e. The molecule has 1 saturated carbocycles. The number of halogens is 1. The maximum atomic E-state index is 17.0. The first kappa shape index (κ1) is 46.9. The summed E-state index contributed by atoms with van der Waals surface area (Å²) >= 11 is 1.56. The number of carbonyl (C=O) groups excluding carboxylic acids is 4. The monoisotopic (exact) mass is 974 g/mol. The number of thiazole rings is 1.